The second-order valence-electron chi connectivity index (χ2n) is 5.70. The van der Waals surface area contributed by atoms with Gasteiger partial charge < -0.3 is 11.1 Å². The molecule has 0 fully saturated rings. The monoisotopic (exact) mass is 338 g/mol. The predicted molar refractivity (Wildman–Crippen MR) is 82.8 cm³/mol. The predicted octanol–water partition coefficient (Wildman–Crippen LogP) is 3.16. The maximum Gasteiger partial charge on any atom is 0.416 e. The molecule has 7 heteroatoms. The highest BCUT2D eigenvalue weighted by atomic mass is 35.5. The number of hydrogen-bond donors (Lipinski definition) is 2. The average Bonchev–Trinajstić information content (AvgIpc) is 2.37. The molecule has 1 rings (SSSR count). The van der Waals surface area contributed by atoms with Crippen molar-refractivity contribution in [2.24, 2.45) is 11.7 Å². The summed E-state index contributed by atoms with van der Waals surface area (Å²) in [4.78, 5) is 12.0. The summed E-state index contributed by atoms with van der Waals surface area (Å²) >= 11 is 0. The zero-order valence-corrected chi connectivity index (χ0v) is 13.6. The molecule has 0 aliphatic rings. The van der Waals surface area contributed by atoms with Crippen LogP contribution in [0.1, 0.15) is 31.9 Å². The summed E-state index contributed by atoms with van der Waals surface area (Å²) in [5.74, 6) is -0.101. The van der Waals surface area contributed by atoms with E-state index in [0.29, 0.717) is 12.1 Å². The lowest BCUT2D eigenvalue weighted by molar-refractivity contribution is -0.137. The fraction of sp³-hybridized carbons (Fsp3) is 0.533. The van der Waals surface area contributed by atoms with E-state index in [1.807, 2.05) is 20.8 Å². The molecule has 1 aromatic rings. The van der Waals surface area contributed by atoms with E-state index in [2.05, 4.69) is 5.32 Å². The van der Waals surface area contributed by atoms with Crippen LogP contribution in [-0.4, -0.2) is 18.0 Å². The van der Waals surface area contributed by atoms with Crippen molar-refractivity contribution >= 4 is 18.3 Å². The molecule has 126 valence electrons. The largest absolute Gasteiger partial charge is 0.416 e. The Labute approximate surface area is 134 Å². The van der Waals surface area contributed by atoms with Crippen molar-refractivity contribution in [3.63, 3.8) is 0 Å². The van der Waals surface area contributed by atoms with Crippen molar-refractivity contribution in [1.82, 2.24) is 5.32 Å². The number of rotatable bonds is 5. The lowest BCUT2D eigenvalue weighted by atomic mass is 9.88. The van der Waals surface area contributed by atoms with Crippen LogP contribution in [0.25, 0.3) is 0 Å². The van der Waals surface area contributed by atoms with Crippen LogP contribution in [-0.2, 0) is 17.4 Å². The molecule has 0 aromatic heterocycles. The molecular formula is C15H22ClF3N2O. The third-order valence-corrected chi connectivity index (χ3v) is 3.77. The number of hydrogen-bond acceptors (Lipinski definition) is 2. The Balaban J connectivity index is 0.00000441. The lowest BCUT2D eigenvalue weighted by Gasteiger charge is -2.33. The summed E-state index contributed by atoms with van der Waals surface area (Å²) in [7, 11) is 0. The van der Waals surface area contributed by atoms with Gasteiger partial charge in [-0.3, -0.25) is 4.79 Å². The van der Waals surface area contributed by atoms with E-state index in [-0.39, 0.29) is 30.7 Å². The number of halogens is 4. The fourth-order valence-electron chi connectivity index (χ4n) is 1.79. The zero-order chi connectivity index (χ0) is 16.3. The van der Waals surface area contributed by atoms with Crippen LogP contribution >= 0.6 is 12.4 Å². The van der Waals surface area contributed by atoms with Crippen LogP contribution < -0.4 is 11.1 Å². The van der Waals surface area contributed by atoms with Gasteiger partial charge in [-0.25, -0.2) is 0 Å². The first kappa shape index (κ1) is 20.7. The maximum absolute atomic E-state index is 12.4. The molecule has 0 radical (unpaired) electrons. The van der Waals surface area contributed by atoms with E-state index in [1.165, 1.54) is 12.1 Å². The van der Waals surface area contributed by atoms with Crippen LogP contribution in [0.15, 0.2) is 24.3 Å². The van der Waals surface area contributed by atoms with Gasteiger partial charge in [-0.2, -0.15) is 13.2 Å². The minimum Gasteiger partial charge on any atom is -0.349 e. The Hall–Kier alpha value is -1.27. The topological polar surface area (TPSA) is 55.1 Å². The van der Waals surface area contributed by atoms with E-state index < -0.39 is 17.3 Å². The Morgan fingerprint density at radius 3 is 2.09 bits per heavy atom. The normalized spacial score (nSPS) is 14.2. The quantitative estimate of drug-likeness (QED) is 0.866. The molecular weight excluding hydrogens is 317 g/mol. The van der Waals surface area contributed by atoms with Crippen LogP contribution in [0.5, 0.6) is 0 Å². The van der Waals surface area contributed by atoms with E-state index in [1.54, 1.807) is 0 Å². The van der Waals surface area contributed by atoms with Crippen molar-refractivity contribution in [2.45, 2.75) is 38.9 Å². The summed E-state index contributed by atoms with van der Waals surface area (Å²) in [5, 5.41) is 2.85. The van der Waals surface area contributed by atoms with Gasteiger partial charge in [0.15, 0.2) is 0 Å². The highest BCUT2D eigenvalue weighted by Crippen LogP contribution is 2.29. The van der Waals surface area contributed by atoms with Crippen molar-refractivity contribution in [3.8, 4) is 0 Å². The first-order valence-electron chi connectivity index (χ1n) is 6.75. The number of carbonyl (C=O) groups is 1. The number of nitrogens with two attached hydrogens (primary N) is 1. The molecule has 1 aromatic carbocycles. The van der Waals surface area contributed by atoms with Gasteiger partial charge in [-0.15, -0.1) is 12.4 Å². The first-order chi connectivity index (χ1) is 9.58. The van der Waals surface area contributed by atoms with Gasteiger partial charge in [-0.05, 0) is 30.5 Å². The maximum atomic E-state index is 12.4. The highest BCUT2D eigenvalue weighted by molar-refractivity contribution is 5.85. The highest BCUT2D eigenvalue weighted by Gasteiger charge is 2.30. The molecule has 1 atom stereocenters. The van der Waals surface area contributed by atoms with Gasteiger partial charge in [0.25, 0.3) is 0 Å². The van der Waals surface area contributed by atoms with Crippen molar-refractivity contribution in [3.05, 3.63) is 35.4 Å². The number of benzene rings is 1. The molecule has 0 saturated carbocycles. The van der Waals surface area contributed by atoms with E-state index in [4.69, 9.17) is 5.73 Å². The molecule has 1 amide bonds. The smallest absolute Gasteiger partial charge is 0.349 e. The van der Waals surface area contributed by atoms with Crippen LogP contribution in [0.2, 0.25) is 0 Å². The van der Waals surface area contributed by atoms with Crippen LogP contribution in [0, 0.1) is 5.92 Å². The molecule has 0 bridgehead atoms. The van der Waals surface area contributed by atoms with Gasteiger partial charge in [0.2, 0.25) is 5.91 Å². The summed E-state index contributed by atoms with van der Waals surface area (Å²) in [5.41, 5.74) is 4.96. The molecule has 3 N–H and O–H groups in total. The fourth-order valence-corrected chi connectivity index (χ4v) is 1.79. The van der Waals surface area contributed by atoms with Crippen molar-refractivity contribution in [2.75, 3.05) is 6.54 Å². The van der Waals surface area contributed by atoms with Gasteiger partial charge in [0, 0.05) is 6.54 Å². The van der Waals surface area contributed by atoms with Crippen LogP contribution in [0.4, 0.5) is 13.2 Å². The number of carbonyl (C=O) groups excluding carboxylic acids is 1. The van der Waals surface area contributed by atoms with Gasteiger partial charge in [0.1, 0.15) is 0 Å². The summed E-state index contributed by atoms with van der Waals surface area (Å²) < 4.78 is 37.3. The Kier molecular flexibility index (Phi) is 7.38. The number of alkyl halides is 3. The third kappa shape index (κ3) is 5.50. The minimum atomic E-state index is -4.36. The Morgan fingerprint density at radius 2 is 1.73 bits per heavy atom. The number of amides is 1. The SMILES string of the molecule is CC(C)C(C)(CN)NC(=O)Cc1ccc(C(F)(F)F)cc1.Cl. The minimum absolute atomic E-state index is 0. The summed E-state index contributed by atoms with van der Waals surface area (Å²) in [6.45, 7) is 6.04. The van der Waals surface area contributed by atoms with Crippen molar-refractivity contribution in [1.29, 1.82) is 0 Å². The zero-order valence-electron chi connectivity index (χ0n) is 12.8. The molecule has 22 heavy (non-hydrogen) atoms. The molecule has 1 unspecified atom stereocenters. The third-order valence-electron chi connectivity index (χ3n) is 3.77. The molecule has 0 aliphatic heterocycles. The lowest BCUT2D eigenvalue weighted by Crippen LogP contribution is -2.55. The van der Waals surface area contributed by atoms with Gasteiger partial charge in [0.05, 0.1) is 17.5 Å². The Morgan fingerprint density at radius 1 is 1.23 bits per heavy atom. The summed E-state index contributed by atoms with van der Waals surface area (Å²) in [6, 6.07) is 4.59. The van der Waals surface area contributed by atoms with E-state index >= 15 is 0 Å². The van der Waals surface area contributed by atoms with Gasteiger partial charge >= 0.3 is 6.18 Å². The molecule has 0 aliphatic carbocycles. The summed E-state index contributed by atoms with van der Waals surface area (Å²) in [6.07, 6.45) is -4.34. The molecule has 3 nitrogen and oxygen atoms in total. The number of nitrogens with one attached hydrogen (secondary N) is 1. The average molecular weight is 339 g/mol. The second kappa shape index (κ2) is 7.83. The van der Waals surface area contributed by atoms with E-state index in [9.17, 15) is 18.0 Å². The second-order valence-corrected chi connectivity index (χ2v) is 5.70. The first-order valence-corrected chi connectivity index (χ1v) is 6.75. The standard InChI is InChI=1S/C15H21F3N2O.ClH/c1-10(2)14(3,9-19)20-13(21)8-11-4-6-12(7-5-11)15(16,17)18;/h4-7,10H,8-9,19H2,1-3H3,(H,20,21);1H. The molecule has 0 saturated heterocycles. The Bertz CT molecular complexity index is 489. The van der Waals surface area contributed by atoms with Gasteiger partial charge in [-0.1, -0.05) is 26.0 Å². The van der Waals surface area contributed by atoms with E-state index in [0.717, 1.165) is 12.1 Å². The molecule has 0 heterocycles. The van der Waals surface area contributed by atoms with Crippen molar-refractivity contribution < 1.29 is 18.0 Å². The molecule has 0 spiro atoms. The van der Waals surface area contributed by atoms with Crippen LogP contribution in [0.3, 0.4) is 0 Å².